The van der Waals surface area contributed by atoms with Crippen molar-refractivity contribution in [3.8, 4) is 11.4 Å². The molecule has 0 saturated heterocycles. The molecule has 28 heavy (non-hydrogen) atoms. The molecule has 1 aromatic heterocycles. The average molecular weight is 392 g/mol. The van der Waals surface area contributed by atoms with Gasteiger partial charge in [0, 0.05) is 28.2 Å². The van der Waals surface area contributed by atoms with Gasteiger partial charge in [-0.05, 0) is 62.7 Å². The van der Waals surface area contributed by atoms with E-state index in [9.17, 15) is 4.79 Å². The summed E-state index contributed by atoms with van der Waals surface area (Å²) in [5, 5.41) is 9.01. The van der Waals surface area contributed by atoms with E-state index < -0.39 is 0 Å². The molecule has 0 radical (unpaired) electrons. The average Bonchev–Trinajstić information content (AvgIpc) is 3.17. The van der Waals surface area contributed by atoms with E-state index in [1.807, 2.05) is 57.3 Å². The number of rotatable bonds is 3. The summed E-state index contributed by atoms with van der Waals surface area (Å²) in [6, 6.07) is 9.85. The van der Waals surface area contributed by atoms with Gasteiger partial charge in [0.05, 0.1) is 12.7 Å². The summed E-state index contributed by atoms with van der Waals surface area (Å²) < 4.78 is 7.35. The second-order valence-corrected chi connectivity index (χ2v) is 7.89. The van der Waals surface area contributed by atoms with Crippen molar-refractivity contribution in [2.24, 2.45) is 4.99 Å². The molecule has 0 unspecified atom stereocenters. The predicted molar refractivity (Wildman–Crippen MR) is 113 cm³/mol. The predicted octanol–water partition coefficient (Wildman–Crippen LogP) is 4.27. The van der Waals surface area contributed by atoms with Crippen LogP contribution < -0.4 is 4.74 Å². The van der Waals surface area contributed by atoms with Gasteiger partial charge in [-0.3, -0.25) is 15.1 Å². The summed E-state index contributed by atoms with van der Waals surface area (Å²) in [7, 11) is 1.64. The summed E-state index contributed by atoms with van der Waals surface area (Å²) in [5.74, 6) is 0.588. The van der Waals surface area contributed by atoms with Gasteiger partial charge < -0.3 is 9.30 Å². The van der Waals surface area contributed by atoms with Gasteiger partial charge >= 0.3 is 0 Å². The second-order valence-electron chi connectivity index (χ2n) is 6.68. The summed E-state index contributed by atoms with van der Waals surface area (Å²) in [6.45, 7) is 5.97. The van der Waals surface area contributed by atoms with Gasteiger partial charge in [-0.25, -0.2) is 0 Å². The van der Waals surface area contributed by atoms with Crippen molar-refractivity contribution in [1.29, 1.82) is 5.41 Å². The number of amidine groups is 2. The highest BCUT2D eigenvalue weighted by Crippen LogP contribution is 2.33. The summed E-state index contributed by atoms with van der Waals surface area (Å²) in [6.07, 6.45) is 3.60. The first kappa shape index (κ1) is 18.3. The normalized spacial score (nSPS) is 17.7. The molecule has 1 amide bonds. The Labute approximate surface area is 167 Å². The van der Waals surface area contributed by atoms with Gasteiger partial charge in [0.25, 0.3) is 5.91 Å². The van der Waals surface area contributed by atoms with Gasteiger partial charge in [-0.1, -0.05) is 11.8 Å². The molecule has 0 atom stereocenters. The standard InChI is InChI=1S/C21H20N4O2S/c1-12-9-15(14(3)25(12)16-5-7-17(27-4)8-6-16)10-18-19(22)24-11-13(2)28-21(24)23-20(18)26/h5-11,22H,1-4H3/b18-10-,22-19?. The lowest BCUT2D eigenvalue weighted by Gasteiger charge is -2.22. The zero-order valence-corrected chi connectivity index (χ0v) is 16.9. The van der Waals surface area contributed by atoms with Crippen LogP contribution in [-0.4, -0.2) is 33.5 Å². The quantitative estimate of drug-likeness (QED) is 0.792. The zero-order valence-electron chi connectivity index (χ0n) is 16.1. The first-order chi connectivity index (χ1) is 13.4. The lowest BCUT2D eigenvalue weighted by molar-refractivity contribution is -0.114. The van der Waals surface area contributed by atoms with Crippen LogP contribution >= 0.6 is 11.8 Å². The minimum absolute atomic E-state index is 0.161. The molecule has 6 nitrogen and oxygen atoms in total. The molecule has 3 heterocycles. The zero-order chi connectivity index (χ0) is 20.0. The van der Waals surface area contributed by atoms with E-state index in [1.165, 1.54) is 11.8 Å². The van der Waals surface area contributed by atoms with Crippen LogP contribution in [0.5, 0.6) is 5.75 Å². The number of amides is 1. The molecule has 0 aliphatic carbocycles. The largest absolute Gasteiger partial charge is 0.497 e. The summed E-state index contributed by atoms with van der Waals surface area (Å²) in [5.41, 5.74) is 4.24. The van der Waals surface area contributed by atoms with Crippen molar-refractivity contribution in [2.45, 2.75) is 20.8 Å². The highest BCUT2D eigenvalue weighted by atomic mass is 32.2. The van der Waals surface area contributed by atoms with Crippen LogP contribution in [0.3, 0.4) is 0 Å². The SMILES string of the molecule is COc1ccc(-n2c(C)cc(/C=C3/C(=N)N4C=C(C)SC4=NC3=O)c2C)cc1. The Kier molecular flexibility index (Phi) is 4.47. The number of hydrogen-bond acceptors (Lipinski definition) is 4. The molecule has 142 valence electrons. The number of thioether (sulfide) groups is 1. The Morgan fingerprint density at radius 1 is 1.18 bits per heavy atom. The van der Waals surface area contributed by atoms with Crippen molar-refractivity contribution in [2.75, 3.05) is 7.11 Å². The molecule has 2 aliphatic heterocycles. The number of aryl methyl sites for hydroxylation is 1. The number of benzene rings is 1. The summed E-state index contributed by atoms with van der Waals surface area (Å²) in [4.78, 5) is 19.3. The molecule has 7 heteroatoms. The number of ether oxygens (including phenoxy) is 1. The number of nitrogens with zero attached hydrogens (tertiary/aromatic N) is 3. The van der Waals surface area contributed by atoms with E-state index >= 15 is 0 Å². The van der Waals surface area contributed by atoms with E-state index in [1.54, 1.807) is 18.1 Å². The van der Waals surface area contributed by atoms with Crippen LogP contribution in [0.1, 0.15) is 23.9 Å². The molecule has 0 spiro atoms. The first-order valence-corrected chi connectivity index (χ1v) is 9.63. The van der Waals surface area contributed by atoms with Gasteiger partial charge in [0.1, 0.15) is 11.6 Å². The lowest BCUT2D eigenvalue weighted by Crippen LogP contribution is -2.35. The van der Waals surface area contributed by atoms with Crippen molar-refractivity contribution in [3.05, 3.63) is 64.0 Å². The Bertz CT molecular complexity index is 1090. The van der Waals surface area contributed by atoms with Crippen molar-refractivity contribution in [3.63, 3.8) is 0 Å². The van der Waals surface area contributed by atoms with Crippen LogP contribution in [0.25, 0.3) is 11.8 Å². The van der Waals surface area contributed by atoms with Crippen LogP contribution in [0, 0.1) is 19.3 Å². The number of carbonyl (C=O) groups excluding carboxylic acids is 1. The van der Waals surface area contributed by atoms with Crippen LogP contribution in [-0.2, 0) is 4.79 Å². The number of aliphatic imine (C=N–C) groups is 1. The van der Waals surface area contributed by atoms with Crippen LogP contribution in [0.4, 0.5) is 0 Å². The second kappa shape index (κ2) is 6.83. The van der Waals surface area contributed by atoms with E-state index in [0.29, 0.717) is 10.7 Å². The third-order valence-corrected chi connectivity index (χ3v) is 5.69. The topological polar surface area (TPSA) is 70.7 Å². The Balaban J connectivity index is 1.74. The molecule has 1 N–H and O–H groups in total. The van der Waals surface area contributed by atoms with E-state index in [0.717, 1.165) is 33.3 Å². The molecular weight excluding hydrogens is 372 g/mol. The van der Waals surface area contributed by atoms with Crippen LogP contribution in [0.2, 0.25) is 0 Å². The number of carbonyl (C=O) groups is 1. The monoisotopic (exact) mass is 392 g/mol. The van der Waals surface area contributed by atoms with Crippen molar-refractivity contribution < 1.29 is 9.53 Å². The number of fused-ring (bicyclic) bond motifs is 1. The number of aromatic nitrogens is 1. The Morgan fingerprint density at radius 2 is 1.89 bits per heavy atom. The molecule has 0 fully saturated rings. The minimum atomic E-state index is -0.374. The maximum atomic E-state index is 12.5. The lowest BCUT2D eigenvalue weighted by atomic mass is 10.1. The maximum Gasteiger partial charge on any atom is 0.283 e. The summed E-state index contributed by atoms with van der Waals surface area (Å²) >= 11 is 1.41. The molecule has 2 aliphatic rings. The van der Waals surface area contributed by atoms with Gasteiger partial charge in [-0.2, -0.15) is 4.99 Å². The van der Waals surface area contributed by atoms with Crippen molar-refractivity contribution >= 4 is 34.7 Å². The molecule has 0 bridgehead atoms. The maximum absolute atomic E-state index is 12.5. The molecule has 1 aromatic carbocycles. The number of methoxy groups -OCH3 is 1. The molecule has 4 rings (SSSR count). The number of nitrogens with one attached hydrogen (secondary N) is 1. The Morgan fingerprint density at radius 3 is 2.57 bits per heavy atom. The van der Waals surface area contributed by atoms with Gasteiger partial charge in [0.2, 0.25) is 0 Å². The highest BCUT2D eigenvalue weighted by Gasteiger charge is 2.33. The van der Waals surface area contributed by atoms with E-state index in [2.05, 4.69) is 9.56 Å². The highest BCUT2D eigenvalue weighted by molar-refractivity contribution is 8.17. The van der Waals surface area contributed by atoms with Crippen LogP contribution in [0.15, 0.2) is 52.0 Å². The minimum Gasteiger partial charge on any atom is -0.497 e. The smallest absolute Gasteiger partial charge is 0.283 e. The first-order valence-electron chi connectivity index (χ1n) is 8.81. The van der Waals surface area contributed by atoms with Gasteiger partial charge in [-0.15, -0.1) is 0 Å². The third kappa shape index (κ3) is 2.97. The molecule has 0 saturated carbocycles. The van der Waals surface area contributed by atoms with E-state index in [4.69, 9.17) is 10.1 Å². The van der Waals surface area contributed by atoms with E-state index in [-0.39, 0.29) is 11.7 Å². The third-order valence-electron chi connectivity index (χ3n) is 4.79. The Hall–Kier alpha value is -3.06. The fourth-order valence-electron chi connectivity index (χ4n) is 3.42. The van der Waals surface area contributed by atoms with Crippen molar-refractivity contribution in [1.82, 2.24) is 9.47 Å². The van der Waals surface area contributed by atoms with Gasteiger partial charge in [0.15, 0.2) is 5.17 Å². The molecule has 2 aromatic rings. The fraction of sp³-hybridized carbons (Fsp3) is 0.190. The fourth-order valence-corrected chi connectivity index (χ4v) is 4.24. The number of hydrogen-bond donors (Lipinski definition) is 1. The molecular formula is C21H20N4O2S. The number of allylic oxidation sites excluding steroid dienone is 1.